The van der Waals surface area contributed by atoms with E-state index in [0.717, 1.165) is 23.1 Å². The number of pyridine rings is 1. The van der Waals surface area contributed by atoms with Gasteiger partial charge in [-0.25, -0.2) is 4.98 Å². The summed E-state index contributed by atoms with van der Waals surface area (Å²) in [7, 11) is 0. The van der Waals surface area contributed by atoms with Crippen LogP contribution in [0.15, 0.2) is 54.7 Å². The molecule has 0 aliphatic carbocycles. The minimum Gasteiger partial charge on any atom is -0.384 e. The van der Waals surface area contributed by atoms with Crippen LogP contribution in [0.2, 0.25) is 10.0 Å². The third-order valence-electron chi connectivity index (χ3n) is 5.54. The highest BCUT2D eigenvalue weighted by Crippen LogP contribution is 2.36. The number of halogens is 2. The zero-order valence-electron chi connectivity index (χ0n) is 16.0. The van der Waals surface area contributed by atoms with Gasteiger partial charge in [0.15, 0.2) is 0 Å². The zero-order chi connectivity index (χ0) is 20.5. The molecule has 0 saturated heterocycles. The maximum atomic E-state index is 13.1. The van der Waals surface area contributed by atoms with Crippen LogP contribution in [-0.4, -0.2) is 22.3 Å². The largest absolute Gasteiger partial charge is 0.384 e. The highest BCUT2D eigenvalue weighted by Gasteiger charge is 2.29. The summed E-state index contributed by atoms with van der Waals surface area (Å²) in [6.45, 7) is 2.71. The van der Waals surface area contributed by atoms with E-state index < -0.39 is 0 Å². The van der Waals surface area contributed by atoms with E-state index >= 15 is 0 Å². The van der Waals surface area contributed by atoms with E-state index in [9.17, 15) is 4.79 Å². The summed E-state index contributed by atoms with van der Waals surface area (Å²) in [6, 6.07) is 15.3. The van der Waals surface area contributed by atoms with Crippen molar-refractivity contribution in [3.05, 3.63) is 81.5 Å². The monoisotopic (exact) mass is 425 g/mol. The summed E-state index contributed by atoms with van der Waals surface area (Å²) in [5.74, 6) is 0.527. The van der Waals surface area contributed by atoms with Crippen LogP contribution in [0.4, 0.5) is 5.82 Å². The van der Waals surface area contributed by atoms with Crippen LogP contribution in [0.3, 0.4) is 0 Å². The molecule has 148 valence electrons. The third-order valence-corrected chi connectivity index (χ3v) is 6.25. The van der Waals surface area contributed by atoms with Crippen LogP contribution in [0.25, 0.3) is 11.1 Å². The lowest BCUT2D eigenvalue weighted by atomic mass is 9.87. The van der Waals surface area contributed by atoms with Crippen LogP contribution in [-0.2, 0) is 17.6 Å². The van der Waals surface area contributed by atoms with Gasteiger partial charge in [-0.15, -0.1) is 0 Å². The van der Waals surface area contributed by atoms with Crippen molar-refractivity contribution in [2.45, 2.75) is 25.8 Å². The van der Waals surface area contributed by atoms with Gasteiger partial charge in [0.2, 0.25) is 5.91 Å². The predicted molar refractivity (Wildman–Crippen MR) is 118 cm³/mol. The first-order valence-electron chi connectivity index (χ1n) is 9.51. The van der Waals surface area contributed by atoms with Crippen LogP contribution < -0.4 is 5.73 Å². The lowest BCUT2D eigenvalue weighted by molar-refractivity contribution is -0.133. The number of nitrogen functional groups attached to an aromatic ring is 1. The molecule has 0 fully saturated rings. The molecule has 1 aliphatic rings. The van der Waals surface area contributed by atoms with Crippen LogP contribution >= 0.6 is 23.2 Å². The van der Waals surface area contributed by atoms with E-state index in [1.54, 1.807) is 24.4 Å². The predicted octanol–water partition coefficient (Wildman–Crippen LogP) is 5.33. The number of anilines is 1. The van der Waals surface area contributed by atoms with Gasteiger partial charge in [-0.1, -0.05) is 47.5 Å². The molecule has 3 aromatic rings. The Balaban J connectivity index is 1.62. The molecular formula is C23H21Cl2N3O. The van der Waals surface area contributed by atoms with Crippen molar-refractivity contribution in [1.82, 2.24) is 9.88 Å². The molecule has 4 nitrogen and oxygen atoms in total. The van der Waals surface area contributed by atoms with Crippen LogP contribution in [0.5, 0.6) is 0 Å². The summed E-state index contributed by atoms with van der Waals surface area (Å²) in [5, 5.41) is 1.04. The second-order valence-corrected chi connectivity index (χ2v) is 8.05. The summed E-state index contributed by atoms with van der Waals surface area (Å²) < 4.78 is 0. The Morgan fingerprint density at radius 2 is 1.86 bits per heavy atom. The van der Waals surface area contributed by atoms with E-state index in [-0.39, 0.29) is 18.4 Å². The third kappa shape index (κ3) is 3.83. The fourth-order valence-corrected chi connectivity index (χ4v) is 4.53. The van der Waals surface area contributed by atoms with E-state index in [4.69, 9.17) is 28.9 Å². The number of fused-ring (bicyclic) bond motifs is 1. The number of hydrogen-bond acceptors (Lipinski definition) is 3. The summed E-state index contributed by atoms with van der Waals surface area (Å²) in [4.78, 5) is 19.2. The van der Waals surface area contributed by atoms with Crippen molar-refractivity contribution in [2.75, 3.05) is 12.3 Å². The molecule has 1 atom stereocenters. The lowest BCUT2D eigenvalue weighted by Gasteiger charge is -2.36. The van der Waals surface area contributed by atoms with E-state index in [2.05, 4.69) is 24.0 Å². The van der Waals surface area contributed by atoms with Crippen molar-refractivity contribution >= 4 is 34.9 Å². The highest BCUT2D eigenvalue weighted by molar-refractivity contribution is 6.36. The van der Waals surface area contributed by atoms with Crippen LogP contribution in [0.1, 0.15) is 29.7 Å². The number of hydrogen-bond donors (Lipinski definition) is 1. The quantitative estimate of drug-likeness (QED) is 0.616. The number of amides is 1. The van der Waals surface area contributed by atoms with Gasteiger partial charge >= 0.3 is 0 Å². The van der Waals surface area contributed by atoms with Gasteiger partial charge in [0, 0.05) is 28.4 Å². The highest BCUT2D eigenvalue weighted by atomic mass is 35.5. The number of nitrogens with zero attached hydrogens (tertiary/aromatic N) is 2. The number of carbonyl (C=O) groups is 1. The van der Waals surface area contributed by atoms with Gasteiger partial charge in [-0.05, 0) is 59.9 Å². The molecule has 0 radical (unpaired) electrons. The topological polar surface area (TPSA) is 59.2 Å². The smallest absolute Gasteiger partial charge is 0.227 e. The summed E-state index contributed by atoms with van der Waals surface area (Å²) >= 11 is 12.5. The summed E-state index contributed by atoms with van der Waals surface area (Å²) in [5.41, 5.74) is 11.0. The Morgan fingerprint density at radius 1 is 1.14 bits per heavy atom. The van der Waals surface area contributed by atoms with Gasteiger partial charge in [0.25, 0.3) is 0 Å². The Labute approximate surface area is 180 Å². The number of rotatable bonds is 3. The first-order valence-corrected chi connectivity index (χ1v) is 10.3. The second kappa shape index (κ2) is 8.05. The molecule has 2 heterocycles. The molecule has 1 amide bonds. The Morgan fingerprint density at radius 3 is 2.55 bits per heavy atom. The lowest BCUT2D eigenvalue weighted by Crippen LogP contribution is -2.40. The van der Waals surface area contributed by atoms with Crippen molar-refractivity contribution < 1.29 is 4.79 Å². The second-order valence-electron chi connectivity index (χ2n) is 7.24. The molecule has 0 spiro atoms. The van der Waals surface area contributed by atoms with Crippen molar-refractivity contribution in [2.24, 2.45) is 0 Å². The van der Waals surface area contributed by atoms with Gasteiger partial charge in [-0.2, -0.15) is 0 Å². The standard InChI is InChI=1S/C23H21Cl2N3O/c1-14-16-4-2-5-17(15-8-9-22(26)27-13-15)18(16)10-11-28(14)23(29)12-19-20(24)6-3-7-21(19)25/h2-9,13-14H,10-12H2,1H3,(H2,26,27)/t14-/m0/s1. The number of carbonyl (C=O) groups excluding carboxylic acids is 1. The first kappa shape index (κ1) is 19.7. The molecular weight excluding hydrogens is 405 g/mol. The van der Waals surface area contributed by atoms with Gasteiger partial charge < -0.3 is 10.6 Å². The molecule has 4 rings (SSSR count). The Hall–Kier alpha value is -2.56. The first-order chi connectivity index (χ1) is 14.0. The van der Waals surface area contributed by atoms with E-state index in [1.165, 1.54) is 5.56 Å². The normalized spacial score (nSPS) is 15.8. The van der Waals surface area contributed by atoms with Gasteiger partial charge in [-0.3, -0.25) is 4.79 Å². The molecule has 0 unspecified atom stereocenters. The van der Waals surface area contributed by atoms with Gasteiger partial charge in [0.1, 0.15) is 5.82 Å². The maximum Gasteiger partial charge on any atom is 0.227 e. The Bertz CT molecular complexity index is 1050. The minimum atomic E-state index is -0.0331. The molecule has 6 heteroatoms. The molecule has 0 bridgehead atoms. The minimum absolute atomic E-state index is 0.0257. The average Bonchev–Trinajstić information content (AvgIpc) is 2.71. The fraction of sp³-hybridized carbons (Fsp3) is 0.217. The fourth-order valence-electron chi connectivity index (χ4n) is 4.00. The maximum absolute atomic E-state index is 13.1. The van der Waals surface area contributed by atoms with E-state index in [1.807, 2.05) is 23.1 Å². The van der Waals surface area contributed by atoms with Crippen molar-refractivity contribution in [3.8, 4) is 11.1 Å². The SMILES string of the molecule is C[C@H]1c2cccc(-c3ccc(N)nc3)c2CCN1C(=O)Cc1c(Cl)cccc1Cl. The Kier molecular flexibility index (Phi) is 5.48. The van der Waals surface area contributed by atoms with Crippen molar-refractivity contribution in [1.29, 1.82) is 0 Å². The molecule has 1 aromatic heterocycles. The molecule has 0 saturated carbocycles. The average molecular weight is 426 g/mol. The summed E-state index contributed by atoms with van der Waals surface area (Å²) in [6.07, 6.45) is 2.77. The number of aromatic nitrogens is 1. The van der Waals surface area contributed by atoms with Gasteiger partial charge in [0.05, 0.1) is 12.5 Å². The molecule has 1 aliphatic heterocycles. The zero-order valence-corrected chi connectivity index (χ0v) is 17.5. The molecule has 29 heavy (non-hydrogen) atoms. The molecule has 2 N–H and O–H groups in total. The molecule has 2 aromatic carbocycles. The van der Waals surface area contributed by atoms with Crippen molar-refractivity contribution in [3.63, 3.8) is 0 Å². The van der Waals surface area contributed by atoms with Crippen LogP contribution in [0, 0.1) is 0 Å². The van der Waals surface area contributed by atoms with E-state index in [0.29, 0.717) is 28.0 Å². The number of benzene rings is 2. The number of nitrogens with two attached hydrogens (primary N) is 1.